The minimum Gasteiger partial charge on any atom is -0.341 e. The maximum Gasteiger partial charge on any atom is 0.416 e. The fourth-order valence-electron chi connectivity index (χ4n) is 4.39. The van der Waals surface area contributed by atoms with Crippen LogP contribution in [0.3, 0.4) is 0 Å². The molecule has 1 unspecified atom stereocenters. The van der Waals surface area contributed by atoms with E-state index in [1.54, 1.807) is 0 Å². The van der Waals surface area contributed by atoms with Gasteiger partial charge in [-0.1, -0.05) is 11.6 Å². The Bertz CT molecular complexity index is 1860. The highest BCUT2D eigenvalue weighted by Crippen LogP contribution is 2.42. The third-order valence-electron chi connectivity index (χ3n) is 6.23. The molecule has 1 aliphatic heterocycles. The van der Waals surface area contributed by atoms with Gasteiger partial charge in [-0.2, -0.15) is 22.4 Å². The van der Waals surface area contributed by atoms with Crippen LogP contribution in [0.5, 0.6) is 0 Å². The van der Waals surface area contributed by atoms with Crippen LogP contribution < -0.4 is 10.6 Å². The zero-order chi connectivity index (χ0) is 29.9. The average Bonchev–Trinajstić information content (AvgIpc) is 3.50. The van der Waals surface area contributed by atoms with Gasteiger partial charge in [-0.15, -0.1) is 0 Å². The van der Waals surface area contributed by atoms with E-state index in [1.807, 2.05) is 0 Å². The molecule has 1 aromatic heterocycles. The number of nitrogens with zero attached hydrogens (tertiary/aromatic N) is 2. The summed E-state index contributed by atoms with van der Waals surface area (Å²) < 4.78 is 92.4. The fourth-order valence-corrected chi connectivity index (χ4v) is 5.14. The molecule has 1 aliphatic rings. The number of carbonyl (C=O) groups excluding carboxylic acids is 2. The second-order valence-electron chi connectivity index (χ2n) is 9.10. The van der Waals surface area contributed by atoms with Crippen LogP contribution >= 0.6 is 11.6 Å². The summed E-state index contributed by atoms with van der Waals surface area (Å²) in [6.07, 6.45) is -1.69. The molecule has 5 rings (SSSR count). The summed E-state index contributed by atoms with van der Waals surface area (Å²) in [6.45, 7) is 0. The van der Waals surface area contributed by atoms with Crippen LogP contribution in [0.15, 0.2) is 60.9 Å². The van der Waals surface area contributed by atoms with Gasteiger partial charge in [0.05, 0.1) is 30.3 Å². The van der Waals surface area contributed by atoms with Crippen LogP contribution in [-0.4, -0.2) is 35.7 Å². The molecule has 0 saturated carbocycles. The highest BCUT2D eigenvalue weighted by molar-refractivity contribution is 7.89. The lowest BCUT2D eigenvalue weighted by molar-refractivity contribution is -0.137. The van der Waals surface area contributed by atoms with Crippen LogP contribution in [0.4, 0.5) is 27.6 Å². The molecule has 0 fully saturated rings. The van der Waals surface area contributed by atoms with E-state index >= 15 is 0 Å². The van der Waals surface area contributed by atoms with Crippen LogP contribution in [0, 0.1) is 11.6 Å². The quantitative estimate of drug-likeness (QED) is 0.294. The van der Waals surface area contributed by atoms with Gasteiger partial charge in [-0.05, 0) is 54.1 Å². The van der Waals surface area contributed by atoms with Gasteiger partial charge < -0.3 is 10.6 Å². The Balaban J connectivity index is 1.67. The van der Waals surface area contributed by atoms with Crippen LogP contribution in [0.25, 0.3) is 11.1 Å². The third kappa shape index (κ3) is 5.52. The smallest absolute Gasteiger partial charge is 0.341 e. The number of carbonyl (C=O) groups is 2. The summed E-state index contributed by atoms with van der Waals surface area (Å²) in [5.74, 6) is -3.80. The predicted octanol–water partition coefficient (Wildman–Crippen LogP) is 5.39. The SMILES string of the molecule is CS(=O)(=O)n1cc(-c2cc(NC(=O)c3cc(F)cc(C(F)(F)F)c3)c3c(c2)C(=O)NC3c2cc(F)ccc2Cl)cn1. The molecule has 0 bridgehead atoms. The number of aromatic nitrogens is 2. The van der Waals surface area contributed by atoms with Gasteiger partial charge in [0.25, 0.3) is 21.8 Å². The lowest BCUT2D eigenvalue weighted by Crippen LogP contribution is -2.21. The number of hydrogen-bond donors (Lipinski definition) is 2. The van der Waals surface area contributed by atoms with Gasteiger partial charge in [-0.3, -0.25) is 9.59 Å². The highest BCUT2D eigenvalue weighted by atomic mass is 35.5. The summed E-state index contributed by atoms with van der Waals surface area (Å²) in [5, 5.41) is 8.90. The number of alkyl halides is 3. The zero-order valence-corrected chi connectivity index (χ0v) is 22.1. The number of rotatable bonds is 5. The van der Waals surface area contributed by atoms with Crippen molar-refractivity contribution < 1.29 is 40.0 Å². The van der Waals surface area contributed by atoms with Crippen molar-refractivity contribution in [2.45, 2.75) is 12.2 Å². The second kappa shape index (κ2) is 9.96. The lowest BCUT2D eigenvalue weighted by atomic mass is 9.93. The van der Waals surface area contributed by atoms with Gasteiger partial charge in [0.2, 0.25) is 0 Å². The summed E-state index contributed by atoms with van der Waals surface area (Å²) >= 11 is 6.27. The lowest BCUT2D eigenvalue weighted by Gasteiger charge is -2.19. The second-order valence-corrected chi connectivity index (χ2v) is 11.3. The molecule has 0 spiro atoms. The third-order valence-corrected chi connectivity index (χ3v) is 7.45. The number of amides is 2. The van der Waals surface area contributed by atoms with Crippen LogP contribution in [0.1, 0.15) is 43.4 Å². The van der Waals surface area contributed by atoms with Gasteiger partial charge in [0.15, 0.2) is 0 Å². The minimum atomic E-state index is -4.94. The number of fused-ring (bicyclic) bond motifs is 1. The summed E-state index contributed by atoms with van der Waals surface area (Å²) in [4.78, 5) is 26.2. The Labute approximate surface area is 233 Å². The van der Waals surface area contributed by atoms with E-state index in [2.05, 4.69) is 15.7 Å². The van der Waals surface area contributed by atoms with Gasteiger partial charge >= 0.3 is 6.18 Å². The van der Waals surface area contributed by atoms with Crippen LogP contribution in [0.2, 0.25) is 5.02 Å². The number of benzene rings is 3. The normalized spacial score (nSPS) is 15.0. The van der Waals surface area contributed by atoms with Crippen molar-refractivity contribution in [3.8, 4) is 11.1 Å². The minimum absolute atomic E-state index is 0.0227. The van der Waals surface area contributed by atoms with Gasteiger partial charge in [0, 0.05) is 38.5 Å². The first-order valence-corrected chi connectivity index (χ1v) is 13.7. The first kappa shape index (κ1) is 28.2. The Morgan fingerprint density at radius 3 is 2.44 bits per heavy atom. The van der Waals surface area contributed by atoms with E-state index in [0.717, 1.165) is 24.6 Å². The highest BCUT2D eigenvalue weighted by Gasteiger charge is 2.36. The number of anilines is 1. The van der Waals surface area contributed by atoms with Gasteiger partial charge in [0.1, 0.15) is 11.6 Å². The standard InChI is InChI=1S/C26H16ClF5N4O4S/c1-41(39,40)36-11-14(10-33-36)12-6-19-22(23(35-25(19)38)18-9-16(28)2-3-20(18)27)21(7-12)34-24(37)13-4-15(26(30,31)32)8-17(29)5-13/h2-11,23H,1H3,(H,34,37)(H,35,38). The molecule has 2 N–H and O–H groups in total. The predicted molar refractivity (Wildman–Crippen MR) is 138 cm³/mol. The van der Waals surface area contributed by atoms with Crippen molar-refractivity contribution in [1.29, 1.82) is 0 Å². The Kier molecular flexibility index (Phi) is 6.86. The molecule has 3 aromatic carbocycles. The Hall–Kier alpha value is -4.30. The van der Waals surface area contributed by atoms with Crippen molar-refractivity contribution in [1.82, 2.24) is 14.5 Å². The molecule has 0 radical (unpaired) electrons. The Morgan fingerprint density at radius 1 is 1.05 bits per heavy atom. The monoisotopic (exact) mass is 610 g/mol. The number of nitrogens with one attached hydrogen (secondary N) is 2. The van der Waals surface area contributed by atoms with Crippen molar-refractivity contribution in [3.05, 3.63) is 105 Å². The van der Waals surface area contributed by atoms with E-state index in [0.29, 0.717) is 16.2 Å². The summed E-state index contributed by atoms with van der Waals surface area (Å²) in [7, 11) is -3.77. The van der Waals surface area contributed by atoms with E-state index in [-0.39, 0.29) is 44.6 Å². The Morgan fingerprint density at radius 2 is 1.78 bits per heavy atom. The summed E-state index contributed by atoms with van der Waals surface area (Å²) in [5.41, 5.74) is -1.57. The first-order chi connectivity index (χ1) is 19.1. The largest absolute Gasteiger partial charge is 0.416 e. The number of halogens is 6. The van der Waals surface area contributed by atoms with E-state index in [1.165, 1.54) is 24.4 Å². The van der Waals surface area contributed by atoms with E-state index in [9.17, 15) is 40.0 Å². The molecule has 41 heavy (non-hydrogen) atoms. The molecule has 0 saturated heterocycles. The topological polar surface area (TPSA) is 110 Å². The molecule has 2 amide bonds. The maximum absolute atomic E-state index is 14.1. The fraction of sp³-hybridized carbons (Fsp3) is 0.115. The van der Waals surface area contributed by atoms with Crippen LogP contribution in [-0.2, 0) is 16.2 Å². The summed E-state index contributed by atoms with van der Waals surface area (Å²) in [6, 6.07) is 6.33. The number of hydrogen-bond acceptors (Lipinski definition) is 5. The van der Waals surface area contributed by atoms with Crippen molar-refractivity contribution in [3.63, 3.8) is 0 Å². The van der Waals surface area contributed by atoms with E-state index in [4.69, 9.17) is 11.6 Å². The molecular formula is C26H16ClF5N4O4S. The molecule has 4 aromatic rings. The van der Waals surface area contributed by atoms with Crippen molar-refractivity contribution in [2.24, 2.45) is 0 Å². The molecule has 0 aliphatic carbocycles. The average molecular weight is 611 g/mol. The molecule has 212 valence electrons. The van der Waals surface area contributed by atoms with Gasteiger partial charge in [-0.25, -0.2) is 17.2 Å². The maximum atomic E-state index is 14.1. The first-order valence-electron chi connectivity index (χ1n) is 11.5. The molecule has 15 heteroatoms. The van der Waals surface area contributed by atoms with Crippen molar-refractivity contribution in [2.75, 3.05) is 11.6 Å². The molecular weight excluding hydrogens is 595 g/mol. The zero-order valence-electron chi connectivity index (χ0n) is 20.6. The molecule has 2 heterocycles. The van der Waals surface area contributed by atoms with E-state index < -0.39 is 56.8 Å². The van der Waals surface area contributed by atoms with Crippen molar-refractivity contribution >= 4 is 39.1 Å². The molecule has 1 atom stereocenters. The molecule has 8 nitrogen and oxygen atoms in total.